The molecule has 2 heterocycles. The lowest BCUT2D eigenvalue weighted by Crippen LogP contribution is -2.34. The van der Waals surface area contributed by atoms with E-state index in [9.17, 15) is 19.7 Å². The standard InChI is InChI=1S/C20H21N5O7/c1-3-31-10-9-23(12-16-7-8-17(32-16)20(27)28)19(26)18-13(2)24(22-21-18)14-5-4-6-15(11-14)25(29)30/h4-8,11H,3,9-10,12H2,1-2H3,(H,27,28). The lowest BCUT2D eigenvalue weighted by atomic mass is 10.2. The largest absolute Gasteiger partial charge is 0.475 e. The summed E-state index contributed by atoms with van der Waals surface area (Å²) in [6, 6.07) is 8.61. The topological polar surface area (TPSA) is 154 Å². The summed E-state index contributed by atoms with van der Waals surface area (Å²) in [6.07, 6.45) is 0. The molecule has 0 saturated heterocycles. The van der Waals surface area contributed by atoms with Gasteiger partial charge in [0.15, 0.2) is 5.69 Å². The maximum absolute atomic E-state index is 13.2. The molecule has 0 unspecified atom stereocenters. The number of rotatable bonds is 10. The van der Waals surface area contributed by atoms with E-state index >= 15 is 0 Å². The maximum atomic E-state index is 13.2. The summed E-state index contributed by atoms with van der Waals surface area (Å²) >= 11 is 0. The second-order valence-electron chi connectivity index (χ2n) is 6.71. The number of furan rings is 1. The molecule has 0 aliphatic heterocycles. The molecule has 1 N–H and O–H groups in total. The number of benzene rings is 1. The lowest BCUT2D eigenvalue weighted by Gasteiger charge is -2.20. The Morgan fingerprint density at radius 3 is 2.75 bits per heavy atom. The maximum Gasteiger partial charge on any atom is 0.371 e. The zero-order valence-electron chi connectivity index (χ0n) is 17.4. The van der Waals surface area contributed by atoms with E-state index in [2.05, 4.69) is 10.3 Å². The summed E-state index contributed by atoms with van der Waals surface area (Å²) in [7, 11) is 0. The Bertz CT molecular complexity index is 1140. The highest BCUT2D eigenvalue weighted by Gasteiger charge is 2.25. The number of nitro benzene ring substituents is 1. The first-order valence-electron chi connectivity index (χ1n) is 9.68. The quantitative estimate of drug-likeness (QED) is 0.283. The highest BCUT2D eigenvalue weighted by atomic mass is 16.6. The van der Waals surface area contributed by atoms with Crippen molar-refractivity contribution in [3.63, 3.8) is 0 Å². The van der Waals surface area contributed by atoms with Gasteiger partial charge < -0.3 is 19.2 Å². The third-order valence-electron chi connectivity index (χ3n) is 4.60. The van der Waals surface area contributed by atoms with Crippen LogP contribution in [-0.2, 0) is 11.3 Å². The summed E-state index contributed by atoms with van der Waals surface area (Å²) in [5, 5.41) is 28.1. The predicted molar refractivity (Wildman–Crippen MR) is 110 cm³/mol. The number of carboxylic acids is 1. The monoisotopic (exact) mass is 443 g/mol. The number of carbonyl (C=O) groups excluding carboxylic acids is 1. The second-order valence-corrected chi connectivity index (χ2v) is 6.71. The molecular weight excluding hydrogens is 422 g/mol. The number of carbonyl (C=O) groups is 2. The van der Waals surface area contributed by atoms with Crippen LogP contribution >= 0.6 is 0 Å². The molecule has 32 heavy (non-hydrogen) atoms. The summed E-state index contributed by atoms with van der Waals surface area (Å²) in [6.45, 7) is 4.39. The van der Waals surface area contributed by atoms with Crippen LogP contribution in [0.1, 0.15) is 39.4 Å². The zero-order chi connectivity index (χ0) is 23.3. The number of ether oxygens (including phenoxy) is 1. The van der Waals surface area contributed by atoms with Crippen molar-refractivity contribution in [3.8, 4) is 5.69 Å². The van der Waals surface area contributed by atoms with Gasteiger partial charge >= 0.3 is 5.97 Å². The Hall–Kier alpha value is -4.06. The van der Waals surface area contributed by atoms with E-state index in [1.165, 1.54) is 39.9 Å². The molecule has 12 heteroatoms. The molecule has 3 rings (SSSR count). The molecule has 0 saturated carbocycles. The number of nitrogens with zero attached hydrogens (tertiary/aromatic N) is 5. The second kappa shape index (κ2) is 9.83. The van der Waals surface area contributed by atoms with Crippen LogP contribution in [0.5, 0.6) is 0 Å². The van der Waals surface area contributed by atoms with Crippen LogP contribution in [0.3, 0.4) is 0 Å². The fourth-order valence-electron chi connectivity index (χ4n) is 3.00. The molecule has 0 spiro atoms. The molecule has 168 valence electrons. The number of aromatic carboxylic acids is 1. The minimum absolute atomic E-state index is 0.00228. The molecule has 0 fully saturated rings. The molecule has 1 amide bonds. The van der Waals surface area contributed by atoms with Crippen molar-refractivity contribution in [3.05, 3.63) is 69.4 Å². The summed E-state index contributed by atoms with van der Waals surface area (Å²) in [5.41, 5.74) is 0.720. The van der Waals surface area contributed by atoms with E-state index in [0.29, 0.717) is 18.0 Å². The van der Waals surface area contributed by atoms with Gasteiger partial charge in [0.2, 0.25) is 5.76 Å². The zero-order valence-corrected chi connectivity index (χ0v) is 17.4. The van der Waals surface area contributed by atoms with Crippen molar-refractivity contribution in [2.75, 3.05) is 19.8 Å². The van der Waals surface area contributed by atoms with Gasteiger partial charge in [-0.1, -0.05) is 11.3 Å². The third-order valence-corrected chi connectivity index (χ3v) is 4.60. The molecule has 0 aliphatic carbocycles. The fraction of sp³-hybridized carbons (Fsp3) is 0.300. The summed E-state index contributed by atoms with van der Waals surface area (Å²) < 4.78 is 12.0. The summed E-state index contributed by atoms with van der Waals surface area (Å²) in [5.74, 6) is -1.62. The third kappa shape index (κ3) is 4.98. The van der Waals surface area contributed by atoms with Gasteiger partial charge in [-0.2, -0.15) is 0 Å². The van der Waals surface area contributed by atoms with E-state index in [4.69, 9.17) is 14.3 Å². The highest BCUT2D eigenvalue weighted by Crippen LogP contribution is 2.20. The van der Waals surface area contributed by atoms with Crippen LogP contribution < -0.4 is 0 Å². The molecule has 1 aromatic carbocycles. The Morgan fingerprint density at radius 2 is 2.09 bits per heavy atom. The first-order valence-corrected chi connectivity index (χ1v) is 9.68. The van der Waals surface area contributed by atoms with Gasteiger partial charge in [-0.3, -0.25) is 14.9 Å². The van der Waals surface area contributed by atoms with Gasteiger partial charge in [0.25, 0.3) is 11.6 Å². The first-order chi connectivity index (χ1) is 15.3. The SMILES string of the molecule is CCOCCN(Cc1ccc(C(=O)O)o1)C(=O)c1nnn(-c2cccc([N+](=O)[O-])c2)c1C. The number of non-ortho nitro benzene ring substituents is 1. The predicted octanol–water partition coefficient (Wildman–Crippen LogP) is 2.45. The van der Waals surface area contributed by atoms with E-state index in [0.717, 1.165) is 0 Å². The number of hydrogen-bond acceptors (Lipinski definition) is 8. The van der Waals surface area contributed by atoms with Gasteiger partial charge in [-0.05, 0) is 32.0 Å². The number of amides is 1. The van der Waals surface area contributed by atoms with Gasteiger partial charge in [-0.15, -0.1) is 5.10 Å². The van der Waals surface area contributed by atoms with E-state index < -0.39 is 16.8 Å². The smallest absolute Gasteiger partial charge is 0.371 e. The normalized spacial score (nSPS) is 10.8. The molecule has 0 atom stereocenters. The first kappa shape index (κ1) is 22.6. The van der Waals surface area contributed by atoms with Crippen molar-refractivity contribution in [2.24, 2.45) is 0 Å². The molecule has 0 bridgehead atoms. The molecule has 0 radical (unpaired) electrons. The number of aromatic nitrogens is 3. The van der Waals surface area contributed by atoms with Crippen molar-refractivity contribution in [2.45, 2.75) is 20.4 Å². The van der Waals surface area contributed by atoms with E-state index in [-0.39, 0.29) is 42.6 Å². The molecule has 2 aromatic heterocycles. The number of carboxylic acid groups (broad SMARTS) is 1. The Morgan fingerprint density at radius 1 is 1.31 bits per heavy atom. The van der Waals surface area contributed by atoms with Gasteiger partial charge in [0.05, 0.1) is 29.5 Å². The average Bonchev–Trinajstić information content (AvgIpc) is 3.39. The van der Waals surface area contributed by atoms with Gasteiger partial charge in [-0.25, -0.2) is 9.48 Å². The van der Waals surface area contributed by atoms with Crippen LogP contribution in [0.2, 0.25) is 0 Å². The van der Waals surface area contributed by atoms with Crippen LogP contribution in [0.4, 0.5) is 5.69 Å². The number of hydrogen-bond donors (Lipinski definition) is 1. The van der Waals surface area contributed by atoms with Crippen LogP contribution in [0.25, 0.3) is 5.69 Å². The minimum Gasteiger partial charge on any atom is -0.475 e. The van der Waals surface area contributed by atoms with Crippen LogP contribution in [0, 0.1) is 17.0 Å². The average molecular weight is 443 g/mol. The minimum atomic E-state index is -1.21. The molecule has 0 aliphatic rings. The molecule has 12 nitrogen and oxygen atoms in total. The lowest BCUT2D eigenvalue weighted by molar-refractivity contribution is -0.384. The molecule has 3 aromatic rings. The van der Waals surface area contributed by atoms with Crippen LogP contribution in [0.15, 0.2) is 40.8 Å². The summed E-state index contributed by atoms with van der Waals surface area (Å²) in [4.78, 5) is 36.2. The highest BCUT2D eigenvalue weighted by molar-refractivity contribution is 5.93. The van der Waals surface area contributed by atoms with E-state index in [1.807, 2.05) is 6.92 Å². The van der Waals surface area contributed by atoms with Crippen molar-refractivity contribution in [1.82, 2.24) is 19.9 Å². The number of nitro groups is 1. The Kier molecular flexibility index (Phi) is 6.95. The Balaban J connectivity index is 1.87. The van der Waals surface area contributed by atoms with Crippen molar-refractivity contribution >= 4 is 17.6 Å². The van der Waals surface area contributed by atoms with E-state index in [1.54, 1.807) is 13.0 Å². The van der Waals surface area contributed by atoms with Crippen molar-refractivity contribution < 1.29 is 28.8 Å². The fourth-order valence-corrected chi connectivity index (χ4v) is 3.00. The van der Waals surface area contributed by atoms with Crippen LogP contribution in [-0.4, -0.2) is 61.6 Å². The van der Waals surface area contributed by atoms with Gasteiger partial charge in [0, 0.05) is 25.3 Å². The van der Waals surface area contributed by atoms with Crippen molar-refractivity contribution in [1.29, 1.82) is 0 Å². The molecular formula is C20H21N5O7. The van der Waals surface area contributed by atoms with Gasteiger partial charge in [0.1, 0.15) is 5.76 Å². The Labute approximate surface area is 182 Å².